The van der Waals surface area contributed by atoms with E-state index in [0.717, 1.165) is 23.2 Å². The van der Waals surface area contributed by atoms with Gasteiger partial charge in [0, 0.05) is 23.3 Å². The number of sulfonamides is 1. The molecule has 0 spiro atoms. The number of hydrogen-bond donors (Lipinski definition) is 1. The van der Waals surface area contributed by atoms with Crippen LogP contribution in [-0.4, -0.2) is 21.4 Å². The second-order valence-electron chi connectivity index (χ2n) is 7.05. The van der Waals surface area contributed by atoms with Crippen molar-refractivity contribution in [3.8, 4) is 0 Å². The zero-order valence-electron chi connectivity index (χ0n) is 17.7. The van der Waals surface area contributed by atoms with Crippen molar-refractivity contribution in [3.05, 3.63) is 88.4 Å². The molecule has 3 aromatic carbocycles. The number of amides is 1. The highest BCUT2D eigenvalue weighted by atomic mass is 35.5. The monoisotopic (exact) mass is 456 g/mol. The summed E-state index contributed by atoms with van der Waals surface area (Å²) in [7, 11) is -2.23. The summed E-state index contributed by atoms with van der Waals surface area (Å²) in [5, 5.41) is 3.57. The van der Waals surface area contributed by atoms with Gasteiger partial charge in [-0.15, -0.1) is 0 Å². The molecular weight excluding hydrogens is 432 g/mol. The van der Waals surface area contributed by atoms with E-state index in [2.05, 4.69) is 5.32 Å². The SMILES string of the molecule is CCc1ccc(Cl)c(CC)c1NC(=O)c1ccc(S(=O)(=O)N(C)c2ccccc2)cc1. The predicted octanol–water partition coefficient (Wildman–Crippen LogP) is 5.54. The third-order valence-corrected chi connectivity index (χ3v) is 7.36. The molecule has 1 N–H and O–H groups in total. The summed E-state index contributed by atoms with van der Waals surface area (Å²) in [5.41, 5.74) is 3.54. The molecule has 0 aliphatic carbocycles. The number of hydrogen-bond acceptors (Lipinski definition) is 3. The van der Waals surface area contributed by atoms with E-state index in [-0.39, 0.29) is 10.8 Å². The largest absolute Gasteiger partial charge is 0.321 e. The second-order valence-corrected chi connectivity index (χ2v) is 9.43. The van der Waals surface area contributed by atoms with Crippen LogP contribution in [0.3, 0.4) is 0 Å². The number of carbonyl (C=O) groups is 1. The van der Waals surface area contributed by atoms with Crippen LogP contribution in [0.15, 0.2) is 71.6 Å². The van der Waals surface area contributed by atoms with E-state index in [0.29, 0.717) is 22.7 Å². The summed E-state index contributed by atoms with van der Waals surface area (Å²) >= 11 is 6.32. The predicted molar refractivity (Wildman–Crippen MR) is 127 cm³/mol. The minimum atomic E-state index is -3.74. The van der Waals surface area contributed by atoms with E-state index >= 15 is 0 Å². The number of para-hydroxylation sites is 1. The molecule has 0 unspecified atom stereocenters. The van der Waals surface area contributed by atoms with Gasteiger partial charge in [0.2, 0.25) is 0 Å². The fourth-order valence-electron chi connectivity index (χ4n) is 3.37. The highest BCUT2D eigenvalue weighted by Gasteiger charge is 2.22. The number of carbonyl (C=O) groups excluding carboxylic acids is 1. The van der Waals surface area contributed by atoms with Crippen LogP contribution in [0.5, 0.6) is 0 Å². The third-order valence-electron chi connectivity index (χ3n) is 5.21. The van der Waals surface area contributed by atoms with E-state index in [1.54, 1.807) is 24.3 Å². The smallest absolute Gasteiger partial charge is 0.264 e. The number of anilines is 2. The molecule has 3 rings (SSSR count). The topological polar surface area (TPSA) is 66.5 Å². The van der Waals surface area contributed by atoms with Crippen LogP contribution in [0, 0.1) is 0 Å². The molecule has 3 aromatic rings. The van der Waals surface area contributed by atoms with Crippen molar-refractivity contribution in [2.24, 2.45) is 0 Å². The molecular formula is C24H25ClN2O3S. The van der Waals surface area contributed by atoms with Crippen molar-refractivity contribution < 1.29 is 13.2 Å². The second kappa shape index (κ2) is 9.54. The van der Waals surface area contributed by atoms with Gasteiger partial charge in [-0.1, -0.05) is 49.7 Å². The van der Waals surface area contributed by atoms with Gasteiger partial charge in [0.25, 0.3) is 15.9 Å². The molecule has 0 radical (unpaired) electrons. The quantitative estimate of drug-likeness (QED) is 0.507. The Balaban J connectivity index is 1.86. The van der Waals surface area contributed by atoms with Gasteiger partial charge in [-0.3, -0.25) is 9.10 Å². The highest BCUT2D eigenvalue weighted by Crippen LogP contribution is 2.30. The lowest BCUT2D eigenvalue weighted by Crippen LogP contribution is -2.26. The average Bonchev–Trinajstić information content (AvgIpc) is 2.79. The van der Waals surface area contributed by atoms with Crippen LogP contribution >= 0.6 is 11.6 Å². The van der Waals surface area contributed by atoms with E-state index in [4.69, 9.17) is 11.6 Å². The molecule has 0 saturated heterocycles. The summed E-state index contributed by atoms with van der Waals surface area (Å²) in [6.07, 6.45) is 1.44. The molecule has 0 bridgehead atoms. The Morgan fingerprint density at radius 2 is 1.58 bits per heavy atom. The average molecular weight is 457 g/mol. The number of aryl methyl sites for hydroxylation is 1. The standard InChI is InChI=1S/C24H25ClN2O3S/c1-4-17-13-16-22(25)21(5-2)23(17)26-24(28)18-11-14-20(15-12-18)31(29,30)27(3)19-9-7-6-8-10-19/h6-16H,4-5H2,1-3H3,(H,26,28). The Bertz CT molecular complexity index is 1180. The Morgan fingerprint density at radius 1 is 0.935 bits per heavy atom. The van der Waals surface area contributed by atoms with E-state index < -0.39 is 10.0 Å². The molecule has 31 heavy (non-hydrogen) atoms. The van der Waals surface area contributed by atoms with Gasteiger partial charge >= 0.3 is 0 Å². The Morgan fingerprint density at radius 3 is 2.16 bits per heavy atom. The van der Waals surface area contributed by atoms with Crippen molar-refractivity contribution in [1.82, 2.24) is 0 Å². The molecule has 1 amide bonds. The Hall–Kier alpha value is -2.83. The van der Waals surface area contributed by atoms with Crippen LogP contribution in [-0.2, 0) is 22.9 Å². The first-order valence-electron chi connectivity index (χ1n) is 10.0. The maximum Gasteiger partial charge on any atom is 0.264 e. The minimum absolute atomic E-state index is 0.113. The van der Waals surface area contributed by atoms with Crippen LogP contribution < -0.4 is 9.62 Å². The number of halogens is 1. The lowest BCUT2D eigenvalue weighted by atomic mass is 10.0. The van der Waals surface area contributed by atoms with Gasteiger partial charge in [-0.25, -0.2) is 8.42 Å². The molecule has 0 aromatic heterocycles. The van der Waals surface area contributed by atoms with Crippen molar-refractivity contribution in [2.75, 3.05) is 16.7 Å². The summed E-state index contributed by atoms with van der Waals surface area (Å²) in [6.45, 7) is 4.00. The number of nitrogens with zero attached hydrogens (tertiary/aromatic N) is 1. The van der Waals surface area contributed by atoms with Crippen molar-refractivity contribution in [3.63, 3.8) is 0 Å². The molecule has 0 heterocycles. The van der Waals surface area contributed by atoms with Gasteiger partial charge in [-0.05, 0) is 66.4 Å². The first kappa shape index (κ1) is 22.8. The van der Waals surface area contributed by atoms with E-state index in [1.165, 1.54) is 35.6 Å². The lowest BCUT2D eigenvalue weighted by molar-refractivity contribution is 0.102. The van der Waals surface area contributed by atoms with Crippen LogP contribution in [0.1, 0.15) is 35.3 Å². The van der Waals surface area contributed by atoms with Crippen molar-refractivity contribution in [1.29, 1.82) is 0 Å². The van der Waals surface area contributed by atoms with Gasteiger partial charge in [0.1, 0.15) is 0 Å². The Labute approximate surface area is 188 Å². The van der Waals surface area contributed by atoms with Gasteiger partial charge in [-0.2, -0.15) is 0 Å². The summed E-state index contributed by atoms with van der Waals surface area (Å²) in [6, 6.07) is 18.5. The fraction of sp³-hybridized carbons (Fsp3) is 0.208. The lowest BCUT2D eigenvalue weighted by Gasteiger charge is -2.19. The van der Waals surface area contributed by atoms with Crippen LogP contribution in [0.25, 0.3) is 0 Å². The molecule has 0 aliphatic heterocycles. The summed E-state index contributed by atoms with van der Waals surface area (Å²) in [4.78, 5) is 13.0. The first-order chi connectivity index (χ1) is 14.8. The molecule has 0 aliphatic rings. The summed E-state index contributed by atoms with van der Waals surface area (Å²) < 4.78 is 27.1. The molecule has 5 nitrogen and oxygen atoms in total. The maximum atomic E-state index is 12.9. The molecule has 0 fully saturated rings. The van der Waals surface area contributed by atoms with E-state index in [9.17, 15) is 13.2 Å². The third kappa shape index (κ3) is 4.75. The number of benzene rings is 3. The van der Waals surface area contributed by atoms with Crippen LogP contribution in [0.4, 0.5) is 11.4 Å². The zero-order valence-corrected chi connectivity index (χ0v) is 19.3. The number of nitrogens with one attached hydrogen (secondary N) is 1. The Kier molecular flexibility index (Phi) is 7.03. The molecule has 0 saturated carbocycles. The van der Waals surface area contributed by atoms with Gasteiger partial charge < -0.3 is 5.32 Å². The first-order valence-corrected chi connectivity index (χ1v) is 11.9. The van der Waals surface area contributed by atoms with Gasteiger partial charge in [0.05, 0.1) is 10.6 Å². The van der Waals surface area contributed by atoms with Crippen molar-refractivity contribution in [2.45, 2.75) is 31.6 Å². The van der Waals surface area contributed by atoms with Gasteiger partial charge in [0.15, 0.2) is 0 Å². The fourth-order valence-corrected chi connectivity index (χ4v) is 4.85. The van der Waals surface area contributed by atoms with E-state index in [1.807, 2.05) is 32.0 Å². The minimum Gasteiger partial charge on any atom is -0.321 e. The van der Waals surface area contributed by atoms with Crippen molar-refractivity contribution >= 4 is 38.9 Å². The highest BCUT2D eigenvalue weighted by molar-refractivity contribution is 7.92. The summed E-state index contributed by atoms with van der Waals surface area (Å²) in [5.74, 6) is -0.313. The molecule has 7 heteroatoms. The molecule has 162 valence electrons. The normalized spacial score (nSPS) is 11.2. The van der Waals surface area contributed by atoms with Crippen LogP contribution in [0.2, 0.25) is 5.02 Å². The maximum absolute atomic E-state index is 12.9. The number of rotatable bonds is 7. The zero-order chi connectivity index (χ0) is 22.6. The molecule has 0 atom stereocenters.